The van der Waals surface area contributed by atoms with E-state index in [2.05, 4.69) is 15.0 Å². The molecule has 0 atom stereocenters. The molecule has 4 rings (SSSR count). The van der Waals surface area contributed by atoms with Crippen LogP contribution >= 0.6 is 0 Å². The van der Waals surface area contributed by atoms with Crippen LogP contribution in [-0.4, -0.2) is 36.8 Å². The number of ether oxygens (including phenoxy) is 1. The molecule has 4 aromatic rings. The first-order valence-corrected chi connectivity index (χ1v) is 15.4. The minimum atomic E-state index is -4.88. The molecule has 240 valence electrons. The maximum atomic E-state index is 15.0. The third-order valence-corrected chi connectivity index (χ3v) is 8.01. The highest BCUT2D eigenvalue weighted by molar-refractivity contribution is 7.90. The molecule has 0 radical (unpaired) electrons. The van der Waals surface area contributed by atoms with Crippen molar-refractivity contribution in [3.63, 3.8) is 0 Å². The summed E-state index contributed by atoms with van der Waals surface area (Å²) in [6.07, 6.45) is -1.15. The Morgan fingerprint density at radius 1 is 1.11 bits per heavy atom. The molecule has 0 aliphatic rings. The zero-order valence-electron chi connectivity index (χ0n) is 25.0. The van der Waals surface area contributed by atoms with E-state index >= 15 is 4.39 Å². The Kier molecular flexibility index (Phi) is 9.41. The van der Waals surface area contributed by atoms with E-state index in [4.69, 9.17) is 9.83 Å². The second-order valence-corrected chi connectivity index (χ2v) is 12.7. The molecule has 0 aliphatic carbocycles. The van der Waals surface area contributed by atoms with E-state index in [1.54, 1.807) is 39.0 Å². The van der Waals surface area contributed by atoms with Gasteiger partial charge < -0.3 is 25.0 Å². The molecule has 0 bridgehead atoms. The normalized spacial score (nSPS) is 12.3. The van der Waals surface area contributed by atoms with Gasteiger partial charge in [-0.15, -0.1) is 13.2 Å². The Hall–Kier alpha value is -5.00. The van der Waals surface area contributed by atoms with Gasteiger partial charge in [0.05, 0.1) is 28.7 Å². The van der Waals surface area contributed by atoms with Gasteiger partial charge in [-0.2, -0.15) is 5.26 Å². The quantitative estimate of drug-likeness (QED) is 0.118. The number of aliphatic hydroxyl groups is 1. The van der Waals surface area contributed by atoms with E-state index in [-0.39, 0.29) is 39.1 Å². The highest BCUT2D eigenvalue weighted by Crippen LogP contribution is 2.40. The number of alkyl halides is 3. The molecule has 0 spiro atoms. The molecular weight excluding hydrogens is 628 g/mol. The number of nitriles is 1. The number of halogens is 4. The van der Waals surface area contributed by atoms with Crippen molar-refractivity contribution in [1.29, 1.82) is 10.7 Å². The van der Waals surface area contributed by atoms with Crippen LogP contribution in [0, 0.1) is 34.9 Å². The van der Waals surface area contributed by atoms with Gasteiger partial charge in [0.15, 0.2) is 21.5 Å². The predicted octanol–water partition coefficient (Wildman–Crippen LogP) is 7.41. The average Bonchev–Trinajstić information content (AvgIpc) is 3.37. The van der Waals surface area contributed by atoms with E-state index in [0.717, 1.165) is 24.5 Å². The molecular formula is C32H28F4N4O5S. The number of aromatic nitrogens is 1. The van der Waals surface area contributed by atoms with Crippen molar-refractivity contribution >= 4 is 21.2 Å². The van der Waals surface area contributed by atoms with Gasteiger partial charge in [-0.25, -0.2) is 17.8 Å². The molecule has 0 aliphatic heterocycles. The zero-order valence-corrected chi connectivity index (χ0v) is 25.8. The van der Waals surface area contributed by atoms with Gasteiger partial charge in [-0.3, -0.25) is 0 Å². The van der Waals surface area contributed by atoms with Crippen LogP contribution in [0.25, 0.3) is 33.7 Å². The van der Waals surface area contributed by atoms with Crippen molar-refractivity contribution in [2.24, 2.45) is 5.41 Å². The first-order valence-electron chi connectivity index (χ1n) is 13.5. The fraction of sp³-hybridized carbons (Fsp3) is 0.219. The summed E-state index contributed by atoms with van der Waals surface area (Å²) in [6.45, 7) is 3.90. The first kappa shape index (κ1) is 33.9. The molecule has 0 saturated heterocycles. The molecule has 1 heterocycles. The number of oxazole rings is 1. The standard InChI is InChI=1S/C32H28F4N4O5S/c1-18-40-29(19-5-8-22(9-6-19)45-32(34,35)36)30(44-18)23-13-20(7-10-26(23)39-12-11-28(38)31(2,3)17-37)21-14-25(33)24(16-41)27(15-21)46(4,42)43/h5-15,38-39,41H,16H2,1-4H3/b12-11-,38-28?. The zero-order chi connectivity index (χ0) is 34.0. The number of aliphatic hydroxyl groups excluding tert-OH is 1. The van der Waals surface area contributed by atoms with E-state index in [1.165, 1.54) is 30.5 Å². The van der Waals surface area contributed by atoms with Gasteiger partial charge in [-0.1, -0.05) is 6.07 Å². The third kappa shape index (κ3) is 7.61. The van der Waals surface area contributed by atoms with Crippen molar-refractivity contribution in [3.8, 4) is 45.5 Å². The monoisotopic (exact) mass is 656 g/mol. The molecule has 14 heteroatoms. The lowest BCUT2D eigenvalue weighted by Crippen LogP contribution is -2.19. The Labute approximate surface area is 262 Å². The summed E-state index contributed by atoms with van der Waals surface area (Å²) in [5.41, 5.74) is 0.465. The van der Waals surface area contributed by atoms with Gasteiger partial charge in [0, 0.05) is 41.8 Å². The van der Waals surface area contributed by atoms with Crippen LogP contribution in [0.15, 0.2) is 76.2 Å². The fourth-order valence-corrected chi connectivity index (χ4v) is 5.35. The Morgan fingerprint density at radius 3 is 2.35 bits per heavy atom. The van der Waals surface area contributed by atoms with Crippen LogP contribution in [0.4, 0.5) is 23.2 Å². The van der Waals surface area contributed by atoms with Gasteiger partial charge >= 0.3 is 6.36 Å². The third-order valence-electron chi connectivity index (χ3n) is 6.85. The minimum Gasteiger partial charge on any atom is -0.440 e. The number of nitrogens with zero attached hydrogens (tertiary/aromatic N) is 2. The van der Waals surface area contributed by atoms with Crippen LogP contribution < -0.4 is 10.1 Å². The molecule has 0 saturated carbocycles. The number of hydrogen-bond acceptors (Lipinski definition) is 9. The largest absolute Gasteiger partial charge is 0.573 e. The summed E-state index contributed by atoms with van der Waals surface area (Å²) in [5.74, 6) is -0.987. The van der Waals surface area contributed by atoms with Crippen molar-refractivity contribution in [3.05, 3.63) is 84.1 Å². The predicted molar refractivity (Wildman–Crippen MR) is 163 cm³/mol. The molecule has 0 unspecified atom stereocenters. The molecule has 0 amide bonds. The summed E-state index contributed by atoms with van der Waals surface area (Å²) in [7, 11) is -3.93. The highest BCUT2D eigenvalue weighted by atomic mass is 32.2. The van der Waals surface area contributed by atoms with Crippen molar-refractivity contribution in [2.75, 3.05) is 11.6 Å². The number of sulfone groups is 1. The number of allylic oxidation sites excluding steroid dienone is 1. The van der Waals surface area contributed by atoms with Crippen LogP contribution in [0.3, 0.4) is 0 Å². The SMILES string of the molecule is Cc1nc(-c2ccc(OC(F)(F)F)cc2)c(-c2cc(-c3cc(F)c(CO)c(S(C)(=O)=O)c3)ccc2N/C=C\C(=N)C(C)(C)C#N)o1. The maximum Gasteiger partial charge on any atom is 0.573 e. The van der Waals surface area contributed by atoms with Crippen molar-refractivity contribution in [2.45, 2.75) is 38.6 Å². The van der Waals surface area contributed by atoms with E-state index in [9.17, 15) is 32.0 Å². The molecule has 1 aromatic heterocycles. The maximum absolute atomic E-state index is 15.0. The minimum absolute atomic E-state index is 0.0192. The number of rotatable bonds is 10. The summed E-state index contributed by atoms with van der Waals surface area (Å²) >= 11 is 0. The molecule has 3 N–H and O–H groups in total. The smallest absolute Gasteiger partial charge is 0.440 e. The Bertz CT molecular complexity index is 1980. The summed E-state index contributed by atoms with van der Waals surface area (Å²) < 4.78 is 87.9. The second kappa shape index (κ2) is 12.8. The molecule has 0 fully saturated rings. The van der Waals surface area contributed by atoms with E-state index in [0.29, 0.717) is 22.4 Å². The van der Waals surface area contributed by atoms with E-state index in [1.807, 2.05) is 6.07 Å². The number of benzene rings is 3. The Balaban J connectivity index is 1.89. The Morgan fingerprint density at radius 2 is 1.76 bits per heavy atom. The lowest BCUT2D eigenvalue weighted by Gasteiger charge is -2.15. The number of hydrogen-bond donors (Lipinski definition) is 3. The average molecular weight is 657 g/mol. The van der Waals surface area contributed by atoms with Crippen LogP contribution in [0.2, 0.25) is 0 Å². The molecule has 46 heavy (non-hydrogen) atoms. The van der Waals surface area contributed by atoms with Crippen molar-refractivity contribution < 1.29 is 40.2 Å². The fourth-order valence-electron chi connectivity index (χ4n) is 4.40. The number of aryl methyl sites for hydroxylation is 1. The molecule has 3 aromatic carbocycles. The molecule has 9 nitrogen and oxygen atoms in total. The topological polar surface area (TPSA) is 149 Å². The van der Waals surface area contributed by atoms with Gasteiger partial charge in [-0.05, 0) is 79.6 Å². The van der Waals surface area contributed by atoms with Crippen molar-refractivity contribution in [1.82, 2.24) is 4.98 Å². The van der Waals surface area contributed by atoms with Crippen LogP contribution in [0.5, 0.6) is 5.75 Å². The second-order valence-electron chi connectivity index (χ2n) is 10.7. The van der Waals surface area contributed by atoms with E-state index < -0.39 is 39.8 Å². The lowest BCUT2D eigenvalue weighted by atomic mass is 9.89. The van der Waals surface area contributed by atoms with Gasteiger partial charge in [0.1, 0.15) is 17.3 Å². The van der Waals surface area contributed by atoms with Crippen LogP contribution in [0.1, 0.15) is 25.3 Å². The lowest BCUT2D eigenvalue weighted by molar-refractivity contribution is -0.274. The summed E-state index contributed by atoms with van der Waals surface area (Å²) in [4.78, 5) is 4.05. The summed E-state index contributed by atoms with van der Waals surface area (Å²) in [5, 5.41) is 30.2. The van der Waals surface area contributed by atoms with Gasteiger partial charge in [0.2, 0.25) is 0 Å². The highest BCUT2D eigenvalue weighted by Gasteiger charge is 2.31. The van der Waals surface area contributed by atoms with Gasteiger partial charge in [0.25, 0.3) is 0 Å². The number of anilines is 1. The summed E-state index contributed by atoms with van der Waals surface area (Å²) in [6, 6.07) is 14.1. The number of nitrogens with one attached hydrogen (secondary N) is 2. The first-order chi connectivity index (χ1) is 21.4. The van der Waals surface area contributed by atoms with Crippen LogP contribution in [-0.2, 0) is 16.4 Å².